The van der Waals surface area contributed by atoms with Crippen molar-refractivity contribution in [3.05, 3.63) is 84.1 Å². The minimum Gasteiger partial charge on any atom is -0.373 e. The predicted molar refractivity (Wildman–Crippen MR) is 136 cm³/mol. The highest BCUT2D eigenvalue weighted by Crippen LogP contribution is 2.27. The number of primary amides is 1. The van der Waals surface area contributed by atoms with Crippen molar-refractivity contribution in [3.8, 4) is 0 Å². The summed E-state index contributed by atoms with van der Waals surface area (Å²) >= 11 is 0. The number of aromatic nitrogens is 3. The summed E-state index contributed by atoms with van der Waals surface area (Å²) in [6.07, 6.45) is 6.62. The van der Waals surface area contributed by atoms with Gasteiger partial charge in [-0.3, -0.25) is 9.59 Å². The number of imidazole rings is 1. The second kappa shape index (κ2) is 10.6. The zero-order valence-corrected chi connectivity index (χ0v) is 20.0. The van der Waals surface area contributed by atoms with E-state index in [2.05, 4.69) is 41.5 Å². The number of benzene rings is 2. The van der Waals surface area contributed by atoms with Crippen LogP contribution in [0, 0.1) is 6.92 Å². The van der Waals surface area contributed by atoms with Gasteiger partial charge in [-0.05, 0) is 55.8 Å². The number of aliphatic hydroxyl groups excluding tert-OH is 1. The SMILES string of the molecule is Cc1ccc(CCCC(=O)Nc2ccc3ccn(C(O)CC(C)n4cnc(C(N)=O)c4)c3c2)cc1. The van der Waals surface area contributed by atoms with Crippen LogP contribution in [0.25, 0.3) is 10.9 Å². The number of nitrogens with one attached hydrogen (secondary N) is 1. The first-order valence-corrected chi connectivity index (χ1v) is 11.8. The van der Waals surface area contributed by atoms with Crippen molar-refractivity contribution in [1.29, 1.82) is 0 Å². The number of carbonyl (C=O) groups excluding carboxylic acids is 2. The number of amides is 2. The molecule has 8 nitrogen and oxygen atoms in total. The summed E-state index contributed by atoms with van der Waals surface area (Å²) in [5, 5.41) is 14.9. The number of carbonyl (C=O) groups is 2. The second-order valence-electron chi connectivity index (χ2n) is 9.02. The molecule has 0 bridgehead atoms. The summed E-state index contributed by atoms with van der Waals surface area (Å²) in [4.78, 5) is 27.8. The molecule has 4 N–H and O–H groups in total. The fraction of sp³-hybridized carbons (Fsp3) is 0.296. The van der Waals surface area contributed by atoms with E-state index in [0.717, 1.165) is 23.7 Å². The quantitative estimate of drug-likeness (QED) is 0.318. The maximum Gasteiger partial charge on any atom is 0.268 e. The Hall–Kier alpha value is -3.91. The van der Waals surface area contributed by atoms with E-state index >= 15 is 0 Å². The summed E-state index contributed by atoms with van der Waals surface area (Å²) < 4.78 is 3.54. The van der Waals surface area contributed by atoms with Crippen LogP contribution in [0.4, 0.5) is 5.69 Å². The fourth-order valence-corrected chi connectivity index (χ4v) is 4.16. The van der Waals surface area contributed by atoms with Crippen molar-refractivity contribution in [2.75, 3.05) is 5.32 Å². The van der Waals surface area contributed by atoms with Crippen molar-refractivity contribution >= 4 is 28.4 Å². The molecule has 2 heterocycles. The van der Waals surface area contributed by atoms with Crippen molar-refractivity contribution in [3.63, 3.8) is 0 Å². The maximum atomic E-state index is 12.5. The predicted octanol–water partition coefficient (Wildman–Crippen LogP) is 4.35. The van der Waals surface area contributed by atoms with Gasteiger partial charge in [-0.15, -0.1) is 0 Å². The molecule has 2 amide bonds. The van der Waals surface area contributed by atoms with E-state index in [1.807, 2.05) is 37.4 Å². The lowest BCUT2D eigenvalue weighted by Crippen LogP contribution is -2.15. The second-order valence-corrected chi connectivity index (χ2v) is 9.02. The molecule has 2 atom stereocenters. The topological polar surface area (TPSA) is 115 Å². The van der Waals surface area contributed by atoms with Gasteiger partial charge in [-0.1, -0.05) is 35.9 Å². The molecule has 0 saturated heterocycles. The van der Waals surface area contributed by atoms with Crippen LogP contribution in [-0.4, -0.2) is 31.0 Å². The van der Waals surface area contributed by atoms with Crippen LogP contribution in [0.1, 0.15) is 60.1 Å². The number of fused-ring (bicyclic) bond motifs is 1. The highest BCUT2D eigenvalue weighted by Gasteiger charge is 2.17. The number of hydrogen-bond donors (Lipinski definition) is 3. The number of anilines is 1. The summed E-state index contributed by atoms with van der Waals surface area (Å²) in [5.41, 5.74) is 9.44. The Kier molecular flexibility index (Phi) is 7.31. The monoisotopic (exact) mass is 473 g/mol. The smallest absolute Gasteiger partial charge is 0.268 e. The van der Waals surface area contributed by atoms with Crippen LogP contribution in [0.3, 0.4) is 0 Å². The van der Waals surface area contributed by atoms with Gasteiger partial charge in [0.05, 0.1) is 11.8 Å². The molecule has 0 spiro atoms. The Morgan fingerprint density at radius 1 is 1.14 bits per heavy atom. The number of hydrogen-bond acceptors (Lipinski definition) is 4. The normalized spacial score (nSPS) is 13.0. The molecule has 0 aliphatic rings. The maximum absolute atomic E-state index is 12.5. The molecular weight excluding hydrogens is 442 g/mol. The standard InChI is InChI=1S/C27H31N5O3/c1-18-6-8-20(9-7-18)4-3-5-25(33)30-22-11-10-21-12-13-32(24(21)15-22)26(34)14-19(2)31-16-23(27(28)35)29-17-31/h6-13,15-17,19,26,34H,3-5,14H2,1-2H3,(H2,28,35)(H,30,33). The minimum absolute atomic E-state index is 0.0332. The number of aliphatic hydroxyl groups is 1. The Balaban J connectivity index is 1.37. The van der Waals surface area contributed by atoms with E-state index in [1.165, 1.54) is 17.5 Å². The first-order valence-electron chi connectivity index (χ1n) is 11.8. The summed E-state index contributed by atoms with van der Waals surface area (Å²) in [7, 11) is 0. The lowest BCUT2D eigenvalue weighted by Gasteiger charge is -2.20. The van der Waals surface area contributed by atoms with Crippen LogP contribution in [0.2, 0.25) is 0 Å². The molecule has 4 rings (SSSR count). The van der Waals surface area contributed by atoms with Crippen molar-refractivity contribution < 1.29 is 14.7 Å². The van der Waals surface area contributed by atoms with E-state index in [9.17, 15) is 14.7 Å². The van der Waals surface area contributed by atoms with Gasteiger partial charge < -0.3 is 25.3 Å². The van der Waals surface area contributed by atoms with E-state index in [0.29, 0.717) is 18.5 Å². The highest BCUT2D eigenvalue weighted by atomic mass is 16.3. The van der Waals surface area contributed by atoms with Crippen LogP contribution >= 0.6 is 0 Å². The molecule has 0 saturated carbocycles. The van der Waals surface area contributed by atoms with Gasteiger partial charge in [0.2, 0.25) is 5.91 Å². The number of rotatable bonds is 10. The van der Waals surface area contributed by atoms with Crippen LogP contribution in [-0.2, 0) is 11.2 Å². The molecule has 2 unspecified atom stereocenters. The van der Waals surface area contributed by atoms with E-state index in [4.69, 9.17) is 5.73 Å². The Morgan fingerprint density at radius 3 is 2.63 bits per heavy atom. The Morgan fingerprint density at radius 2 is 1.91 bits per heavy atom. The third-order valence-corrected chi connectivity index (χ3v) is 6.23. The van der Waals surface area contributed by atoms with E-state index < -0.39 is 12.1 Å². The molecule has 2 aromatic carbocycles. The highest BCUT2D eigenvalue weighted by molar-refractivity contribution is 5.93. The summed E-state index contributed by atoms with van der Waals surface area (Å²) in [6.45, 7) is 3.99. The van der Waals surface area contributed by atoms with Crippen LogP contribution < -0.4 is 11.1 Å². The molecule has 182 valence electrons. The third-order valence-electron chi connectivity index (χ3n) is 6.23. The minimum atomic E-state index is -0.803. The van der Waals surface area contributed by atoms with E-state index in [-0.39, 0.29) is 17.6 Å². The van der Waals surface area contributed by atoms with Gasteiger partial charge in [0.1, 0.15) is 11.9 Å². The molecule has 0 fully saturated rings. The van der Waals surface area contributed by atoms with Crippen LogP contribution in [0.5, 0.6) is 0 Å². The molecule has 0 aliphatic carbocycles. The molecule has 0 radical (unpaired) electrons. The average molecular weight is 474 g/mol. The number of aryl methyl sites for hydroxylation is 2. The van der Waals surface area contributed by atoms with Crippen molar-refractivity contribution in [2.45, 2.75) is 51.8 Å². The van der Waals surface area contributed by atoms with Gasteiger partial charge in [-0.25, -0.2) is 4.98 Å². The van der Waals surface area contributed by atoms with Gasteiger partial charge in [0.15, 0.2) is 0 Å². The van der Waals surface area contributed by atoms with Gasteiger partial charge in [0, 0.05) is 37.0 Å². The Labute approximate surface area is 204 Å². The first kappa shape index (κ1) is 24.2. The van der Waals surface area contributed by atoms with Crippen LogP contribution in [0.15, 0.2) is 67.3 Å². The number of nitrogens with zero attached hydrogens (tertiary/aromatic N) is 3. The molecule has 2 aromatic heterocycles. The lowest BCUT2D eigenvalue weighted by molar-refractivity contribution is -0.116. The molecule has 8 heteroatoms. The van der Waals surface area contributed by atoms with Crippen molar-refractivity contribution in [1.82, 2.24) is 14.1 Å². The van der Waals surface area contributed by atoms with E-state index in [1.54, 1.807) is 15.3 Å². The van der Waals surface area contributed by atoms with Gasteiger partial charge in [0.25, 0.3) is 5.91 Å². The summed E-state index contributed by atoms with van der Waals surface area (Å²) in [6, 6.07) is 15.9. The zero-order valence-electron chi connectivity index (χ0n) is 20.0. The molecular formula is C27H31N5O3. The molecule has 35 heavy (non-hydrogen) atoms. The first-order chi connectivity index (χ1) is 16.8. The number of nitrogens with two attached hydrogens (primary N) is 1. The zero-order chi connectivity index (χ0) is 24.9. The van der Waals surface area contributed by atoms with Crippen molar-refractivity contribution in [2.24, 2.45) is 5.73 Å². The van der Waals surface area contributed by atoms with Gasteiger partial charge in [-0.2, -0.15) is 0 Å². The average Bonchev–Trinajstić information content (AvgIpc) is 3.48. The Bertz CT molecular complexity index is 1320. The lowest BCUT2D eigenvalue weighted by atomic mass is 10.1. The summed E-state index contributed by atoms with van der Waals surface area (Å²) in [5.74, 6) is -0.619. The fourth-order valence-electron chi connectivity index (χ4n) is 4.16. The third kappa shape index (κ3) is 5.96. The largest absolute Gasteiger partial charge is 0.373 e. The molecule has 0 aliphatic heterocycles. The molecule has 4 aromatic rings. The van der Waals surface area contributed by atoms with Gasteiger partial charge >= 0.3 is 0 Å².